The molecular formula is C18H17N3O3S2. The molecule has 0 aliphatic heterocycles. The van der Waals surface area contributed by atoms with Crippen molar-refractivity contribution in [3.63, 3.8) is 0 Å². The highest BCUT2D eigenvalue weighted by Crippen LogP contribution is 2.23. The first-order valence-electron chi connectivity index (χ1n) is 8.00. The minimum atomic E-state index is -0.419. The molecule has 0 radical (unpaired) electrons. The van der Waals surface area contributed by atoms with Gasteiger partial charge in [0.15, 0.2) is 4.80 Å². The molecule has 8 heteroatoms. The fourth-order valence-corrected chi connectivity index (χ4v) is 4.13. The largest absolute Gasteiger partial charge is 0.316 e. The summed E-state index contributed by atoms with van der Waals surface area (Å²) in [4.78, 5) is 28.9. The number of benzene rings is 2. The maximum Gasteiger partial charge on any atom is 0.271 e. The van der Waals surface area contributed by atoms with E-state index in [0.717, 1.165) is 20.7 Å². The number of nitro groups is 1. The van der Waals surface area contributed by atoms with Crippen molar-refractivity contribution in [2.24, 2.45) is 4.99 Å². The van der Waals surface area contributed by atoms with E-state index in [1.165, 1.54) is 23.5 Å². The zero-order valence-corrected chi connectivity index (χ0v) is 16.0. The highest BCUT2D eigenvalue weighted by atomic mass is 32.2. The molecule has 1 amide bonds. The lowest BCUT2D eigenvalue weighted by Crippen LogP contribution is -2.16. The summed E-state index contributed by atoms with van der Waals surface area (Å²) in [6.45, 7) is 2.51. The van der Waals surface area contributed by atoms with Crippen molar-refractivity contribution < 1.29 is 9.72 Å². The number of nitro benzene ring substituents is 1. The van der Waals surface area contributed by atoms with Crippen LogP contribution in [0.15, 0.2) is 52.4 Å². The van der Waals surface area contributed by atoms with Crippen molar-refractivity contribution in [3.05, 3.63) is 62.9 Å². The summed E-state index contributed by atoms with van der Waals surface area (Å²) in [5, 5.41) is 11.0. The number of nitrogens with zero attached hydrogens (tertiary/aromatic N) is 3. The highest BCUT2D eigenvalue weighted by molar-refractivity contribution is 7.98. The van der Waals surface area contributed by atoms with Crippen molar-refractivity contribution in [1.82, 2.24) is 4.57 Å². The molecule has 0 atom stereocenters. The number of aryl methyl sites for hydroxylation is 1. The van der Waals surface area contributed by atoms with Crippen LogP contribution in [0.5, 0.6) is 0 Å². The molecule has 2 aromatic carbocycles. The molecule has 0 N–H and O–H groups in total. The van der Waals surface area contributed by atoms with Gasteiger partial charge >= 0.3 is 0 Å². The molecule has 0 spiro atoms. The Morgan fingerprint density at radius 2 is 2.00 bits per heavy atom. The van der Waals surface area contributed by atoms with Gasteiger partial charge in [0.1, 0.15) is 0 Å². The third-order valence-electron chi connectivity index (χ3n) is 3.93. The second-order valence-corrected chi connectivity index (χ2v) is 7.46. The van der Waals surface area contributed by atoms with Crippen molar-refractivity contribution in [2.75, 3.05) is 6.26 Å². The molecule has 134 valence electrons. The summed E-state index contributed by atoms with van der Waals surface area (Å²) in [5.74, 6) is -0.231. The average molecular weight is 387 g/mol. The van der Waals surface area contributed by atoms with Crippen LogP contribution in [0.25, 0.3) is 10.2 Å². The first kappa shape index (κ1) is 18.3. The van der Waals surface area contributed by atoms with Crippen LogP contribution in [-0.4, -0.2) is 21.7 Å². The Morgan fingerprint density at radius 3 is 2.62 bits per heavy atom. The van der Waals surface area contributed by atoms with E-state index >= 15 is 0 Å². The van der Waals surface area contributed by atoms with Gasteiger partial charge in [-0.2, -0.15) is 4.99 Å². The van der Waals surface area contributed by atoms with Gasteiger partial charge in [-0.25, -0.2) is 0 Å². The monoisotopic (exact) mass is 387 g/mol. The first-order chi connectivity index (χ1) is 12.5. The van der Waals surface area contributed by atoms with E-state index in [9.17, 15) is 14.9 Å². The summed E-state index contributed by atoms with van der Waals surface area (Å²) in [7, 11) is 0. The number of thiazole rings is 1. The van der Waals surface area contributed by atoms with Gasteiger partial charge < -0.3 is 4.57 Å². The summed E-state index contributed by atoms with van der Waals surface area (Å²) in [5.41, 5.74) is 1.67. The molecule has 0 aliphatic rings. The van der Waals surface area contributed by atoms with Crippen LogP contribution in [0, 0.1) is 10.1 Å². The van der Waals surface area contributed by atoms with Gasteiger partial charge in [0.2, 0.25) is 0 Å². The Kier molecular flexibility index (Phi) is 5.53. The molecule has 26 heavy (non-hydrogen) atoms. The summed E-state index contributed by atoms with van der Waals surface area (Å²) >= 11 is 3.01. The van der Waals surface area contributed by atoms with E-state index in [-0.39, 0.29) is 18.0 Å². The van der Waals surface area contributed by atoms with Crippen molar-refractivity contribution in [2.45, 2.75) is 24.8 Å². The van der Waals surface area contributed by atoms with Crippen molar-refractivity contribution in [1.29, 1.82) is 0 Å². The normalized spacial score (nSPS) is 11.8. The number of carbonyl (C=O) groups excluding carboxylic acids is 1. The van der Waals surface area contributed by atoms with E-state index in [0.29, 0.717) is 11.3 Å². The minimum Gasteiger partial charge on any atom is -0.316 e. The molecule has 0 bridgehead atoms. The van der Waals surface area contributed by atoms with Crippen LogP contribution in [0.1, 0.15) is 12.5 Å². The number of non-ortho nitro benzene ring substituents is 1. The third kappa shape index (κ3) is 3.86. The van der Waals surface area contributed by atoms with Gasteiger partial charge in [-0.3, -0.25) is 14.9 Å². The van der Waals surface area contributed by atoms with Crippen LogP contribution in [0.2, 0.25) is 0 Å². The lowest BCUT2D eigenvalue weighted by molar-refractivity contribution is -0.384. The van der Waals surface area contributed by atoms with Gasteiger partial charge in [-0.15, -0.1) is 11.8 Å². The van der Waals surface area contributed by atoms with Gasteiger partial charge in [-0.1, -0.05) is 23.5 Å². The number of carbonyl (C=O) groups is 1. The molecule has 0 saturated carbocycles. The predicted molar refractivity (Wildman–Crippen MR) is 105 cm³/mol. The fraction of sp³-hybridized carbons (Fsp3) is 0.222. The molecular weight excluding hydrogens is 370 g/mol. The van der Waals surface area contributed by atoms with E-state index in [2.05, 4.69) is 4.99 Å². The van der Waals surface area contributed by atoms with Gasteiger partial charge in [-0.05, 0) is 36.9 Å². The van der Waals surface area contributed by atoms with Gasteiger partial charge in [0.25, 0.3) is 11.6 Å². The number of thioether (sulfide) groups is 1. The molecule has 0 aliphatic carbocycles. The smallest absolute Gasteiger partial charge is 0.271 e. The number of fused-ring (bicyclic) bond motifs is 1. The van der Waals surface area contributed by atoms with E-state index in [4.69, 9.17) is 0 Å². The zero-order chi connectivity index (χ0) is 18.7. The van der Waals surface area contributed by atoms with Gasteiger partial charge in [0, 0.05) is 23.6 Å². The Hall–Kier alpha value is -2.45. The standard InChI is InChI=1S/C18H17N3O3S2/c1-3-20-15-11-13(21(23)24)6-9-16(15)26-18(20)19-17(22)10-12-4-7-14(25-2)8-5-12/h4-9,11H,3,10H2,1-2H3. The number of aromatic nitrogens is 1. The van der Waals surface area contributed by atoms with E-state index < -0.39 is 4.92 Å². The predicted octanol–water partition coefficient (Wildman–Crippen LogP) is 4.02. The minimum absolute atomic E-state index is 0.0317. The molecule has 0 fully saturated rings. The van der Waals surface area contributed by atoms with Crippen LogP contribution >= 0.6 is 23.1 Å². The van der Waals surface area contributed by atoms with Crippen LogP contribution in [0.3, 0.4) is 0 Å². The van der Waals surface area contributed by atoms with E-state index in [1.54, 1.807) is 17.8 Å². The lowest BCUT2D eigenvalue weighted by Gasteiger charge is -2.01. The Balaban J connectivity index is 1.94. The second kappa shape index (κ2) is 7.84. The second-order valence-electron chi connectivity index (χ2n) is 5.57. The zero-order valence-electron chi connectivity index (χ0n) is 14.3. The summed E-state index contributed by atoms with van der Waals surface area (Å²) < 4.78 is 2.70. The lowest BCUT2D eigenvalue weighted by atomic mass is 10.1. The Labute approximate surface area is 158 Å². The molecule has 1 aromatic heterocycles. The first-order valence-corrected chi connectivity index (χ1v) is 10.0. The average Bonchev–Trinajstić information content (AvgIpc) is 2.98. The topological polar surface area (TPSA) is 77.5 Å². The molecule has 0 unspecified atom stereocenters. The van der Waals surface area contributed by atoms with Crippen LogP contribution < -0.4 is 4.80 Å². The van der Waals surface area contributed by atoms with E-state index in [1.807, 2.05) is 42.0 Å². The number of amides is 1. The van der Waals surface area contributed by atoms with Crippen molar-refractivity contribution in [3.8, 4) is 0 Å². The molecule has 1 heterocycles. The summed E-state index contributed by atoms with van der Waals surface area (Å²) in [6.07, 6.45) is 2.23. The van der Waals surface area contributed by atoms with Gasteiger partial charge in [0.05, 0.1) is 21.6 Å². The number of hydrogen-bond acceptors (Lipinski definition) is 5. The molecule has 6 nitrogen and oxygen atoms in total. The SMILES string of the molecule is CCn1c(=NC(=O)Cc2ccc(SC)cc2)sc2ccc([N+](=O)[O-])cc21. The van der Waals surface area contributed by atoms with Crippen LogP contribution in [0.4, 0.5) is 5.69 Å². The molecule has 3 aromatic rings. The maximum atomic E-state index is 12.4. The number of rotatable bonds is 5. The highest BCUT2D eigenvalue weighted by Gasteiger charge is 2.12. The maximum absolute atomic E-state index is 12.4. The third-order valence-corrected chi connectivity index (χ3v) is 5.73. The quantitative estimate of drug-likeness (QED) is 0.376. The fourth-order valence-electron chi connectivity index (χ4n) is 2.63. The molecule has 0 saturated heterocycles. The summed E-state index contributed by atoms with van der Waals surface area (Å²) in [6, 6.07) is 12.5. The molecule has 3 rings (SSSR count). The number of hydrogen-bond donors (Lipinski definition) is 0. The van der Waals surface area contributed by atoms with Crippen LogP contribution in [-0.2, 0) is 17.8 Å². The Bertz CT molecular complexity index is 1040. The Morgan fingerprint density at radius 1 is 1.27 bits per heavy atom. The van der Waals surface area contributed by atoms with Crippen molar-refractivity contribution >= 4 is 44.9 Å².